The van der Waals surface area contributed by atoms with Crippen LogP contribution >= 0.6 is 0 Å². The van der Waals surface area contributed by atoms with E-state index in [0.717, 1.165) is 11.1 Å². The molecule has 162 valence electrons. The summed E-state index contributed by atoms with van der Waals surface area (Å²) in [5.74, 6) is 1.04. The maximum atomic E-state index is 12.9. The maximum Gasteiger partial charge on any atom is 0.261 e. The quantitative estimate of drug-likeness (QED) is 0.565. The van der Waals surface area contributed by atoms with Crippen molar-refractivity contribution >= 4 is 17.5 Å². The number of methoxy groups -OCH3 is 1. The highest BCUT2D eigenvalue weighted by Crippen LogP contribution is 2.23. The summed E-state index contributed by atoms with van der Waals surface area (Å²) >= 11 is 0. The average Bonchev–Trinajstić information content (AvgIpc) is 3.27. The Labute approximate surface area is 181 Å². The highest BCUT2D eigenvalue weighted by atomic mass is 16.5. The lowest BCUT2D eigenvalue weighted by atomic mass is 10.1. The molecule has 31 heavy (non-hydrogen) atoms. The fraction of sp³-hybridized carbons (Fsp3) is 0.250. The van der Waals surface area contributed by atoms with Gasteiger partial charge in [-0.2, -0.15) is 0 Å². The van der Waals surface area contributed by atoms with Gasteiger partial charge in [-0.3, -0.25) is 9.59 Å². The maximum absolute atomic E-state index is 12.9. The van der Waals surface area contributed by atoms with Crippen molar-refractivity contribution < 1.29 is 23.5 Å². The van der Waals surface area contributed by atoms with E-state index in [2.05, 4.69) is 5.32 Å². The second-order valence-corrected chi connectivity index (χ2v) is 7.11. The van der Waals surface area contributed by atoms with Gasteiger partial charge >= 0.3 is 0 Å². The van der Waals surface area contributed by atoms with E-state index in [1.165, 1.54) is 18.3 Å². The molecule has 0 aliphatic rings. The van der Waals surface area contributed by atoms with Crippen molar-refractivity contribution in [3.8, 4) is 11.5 Å². The zero-order chi connectivity index (χ0) is 22.2. The molecule has 1 N–H and O–H groups in total. The van der Waals surface area contributed by atoms with Crippen LogP contribution in [0.2, 0.25) is 0 Å². The molecule has 0 aliphatic heterocycles. The third-order valence-corrected chi connectivity index (χ3v) is 4.84. The Morgan fingerprint density at radius 3 is 2.55 bits per heavy atom. The van der Waals surface area contributed by atoms with Crippen molar-refractivity contribution in [1.29, 1.82) is 0 Å². The van der Waals surface area contributed by atoms with Gasteiger partial charge in [0.1, 0.15) is 23.8 Å². The molecule has 0 fully saturated rings. The topological polar surface area (TPSA) is 81.0 Å². The van der Waals surface area contributed by atoms with Crippen molar-refractivity contribution in [3.05, 3.63) is 77.7 Å². The molecule has 0 radical (unpaired) electrons. The summed E-state index contributed by atoms with van der Waals surface area (Å²) in [4.78, 5) is 26.9. The van der Waals surface area contributed by atoms with Gasteiger partial charge in [0.2, 0.25) is 5.91 Å². The first kappa shape index (κ1) is 22.0. The molecule has 3 rings (SSSR count). The number of furan rings is 1. The van der Waals surface area contributed by atoms with Gasteiger partial charge in [-0.05, 0) is 61.4 Å². The summed E-state index contributed by atoms with van der Waals surface area (Å²) in [6.45, 7) is 3.80. The largest absolute Gasteiger partial charge is 0.495 e. The van der Waals surface area contributed by atoms with Gasteiger partial charge in [-0.1, -0.05) is 18.2 Å². The predicted molar refractivity (Wildman–Crippen MR) is 117 cm³/mol. The van der Waals surface area contributed by atoms with Crippen molar-refractivity contribution in [2.45, 2.75) is 20.4 Å². The summed E-state index contributed by atoms with van der Waals surface area (Å²) < 4.78 is 16.3. The molecule has 0 saturated carbocycles. The Bertz CT molecular complexity index is 1030. The number of carbonyl (C=O) groups excluding carboxylic acids is 2. The molecule has 3 aromatic rings. The predicted octanol–water partition coefficient (Wildman–Crippen LogP) is 3.95. The van der Waals surface area contributed by atoms with Crippen LogP contribution in [0.1, 0.15) is 16.9 Å². The molecule has 0 bridgehead atoms. The summed E-state index contributed by atoms with van der Waals surface area (Å²) in [5.41, 5.74) is 2.76. The highest BCUT2D eigenvalue weighted by molar-refractivity contribution is 5.95. The minimum absolute atomic E-state index is 0.154. The van der Waals surface area contributed by atoms with Gasteiger partial charge in [0, 0.05) is 0 Å². The first-order chi connectivity index (χ1) is 15.0. The number of anilines is 1. The lowest BCUT2D eigenvalue weighted by molar-refractivity contribution is -0.137. The second kappa shape index (κ2) is 10.3. The molecular weight excluding hydrogens is 396 g/mol. The average molecular weight is 422 g/mol. The Balaban J connectivity index is 1.67. The summed E-state index contributed by atoms with van der Waals surface area (Å²) in [5, 5.41) is 2.78. The smallest absolute Gasteiger partial charge is 0.261 e. The minimum Gasteiger partial charge on any atom is -0.495 e. The Morgan fingerprint density at radius 2 is 1.84 bits per heavy atom. The number of carbonyl (C=O) groups is 2. The number of ether oxygens (including phenoxy) is 2. The normalized spacial score (nSPS) is 10.4. The molecule has 7 heteroatoms. The SMILES string of the molecule is COc1ccccc1NC(=O)CN(Cc1ccco1)C(=O)COc1ccc(C)c(C)c1. The second-order valence-electron chi connectivity index (χ2n) is 7.11. The van der Waals surface area contributed by atoms with Crippen molar-refractivity contribution in [2.24, 2.45) is 0 Å². The zero-order valence-electron chi connectivity index (χ0n) is 17.9. The zero-order valence-corrected chi connectivity index (χ0v) is 17.9. The molecule has 0 saturated heterocycles. The number of hydrogen-bond donors (Lipinski definition) is 1. The number of rotatable bonds is 9. The lowest BCUT2D eigenvalue weighted by Gasteiger charge is -2.22. The van der Waals surface area contributed by atoms with Gasteiger partial charge < -0.3 is 24.1 Å². The molecule has 2 amide bonds. The van der Waals surface area contributed by atoms with Crippen molar-refractivity contribution in [3.63, 3.8) is 0 Å². The first-order valence-electron chi connectivity index (χ1n) is 9.89. The molecule has 7 nitrogen and oxygen atoms in total. The molecule has 0 atom stereocenters. The first-order valence-corrected chi connectivity index (χ1v) is 9.89. The van der Waals surface area contributed by atoms with Crippen molar-refractivity contribution in [2.75, 3.05) is 25.6 Å². The summed E-state index contributed by atoms with van der Waals surface area (Å²) in [7, 11) is 1.53. The van der Waals surface area contributed by atoms with E-state index in [-0.39, 0.29) is 31.5 Å². The van der Waals surface area contributed by atoms with Crippen LogP contribution in [-0.4, -0.2) is 37.0 Å². The Kier molecular flexibility index (Phi) is 7.32. The number of benzene rings is 2. The van der Waals surface area contributed by atoms with Gasteiger partial charge in [-0.25, -0.2) is 0 Å². The van der Waals surface area contributed by atoms with Crippen LogP contribution in [0.5, 0.6) is 11.5 Å². The third-order valence-electron chi connectivity index (χ3n) is 4.84. The standard InChI is InChI=1S/C24H26N2O5/c1-17-10-11-19(13-18(17)2)31-16-24(28)26(14-20-7-6-12-30-20)15-23(27)25-21-8-4-5-9-22(21)29-3/h4-13H,14-16H2,1-3H3,(H,25,27). The van der Waals surface area contributed by atoms with E-state index in [0.29, 0.717) is 22.9 Å². The van der Waals surface area contributed by atoms with E-state index in [1.807, 2.05) is 38.1 Å². The van der Waals surface area contributed by atoms with Gasteiger partial charge in [0.15, 0.2) is 6.61 Å². The van der Waals surface area contributed by atoms with Crippen LogP contribution in [0.15, 0.2) is 65.3 Å². The lowest BCUT2D eigenvalue weighted by Crippen LogP contribution is -2.40. The number of aryl methyl sites for hydroxylation is 2. The molecule has 0 spiro atoms. The van der Waals surface area contributed by atoms with Crippen LogP contribution in [0.3, 0.4) is 0 Å². The molecule has 2 aromatic carbocycles. The fourth-order valence-corrected chi connectivity index (χ4v) is 2.97. The van der Waals surface area contributed by atoms with E-state index >= 15 is 0 Å². The monoisotopic (exact) mass is 422 g/mol. The van der Waals surface area contributed by atoms with E-state index in [1.54, 1.807) is 30.3 Å². The van der Waals surface area contributed by atoms with E-state index in [4.69, 9.17) is 13.9 Å². The molecule has 0 unspecified atom stereocenters. The number of amides is 2. The number of nitrogens with one attached hydrogen (secondary N) is 1. The number of para-hydroxylation sites is 2. The minimum atomic E-state index is -0.351. The van der Waals surface area contributed by atoms with Crippen LogP contribution < -0.4 is 14.8 Å². The highest BCUT2D eigenvalue weighted by Gasteiger charge is 2.20. The molecule has 0 aliphatic carbocycles. The van der Waals surface area contributed by atoms with Gasteiger partial charge in [0.05, 0.1) is 25.6 Å². The number of nitrogens with zero attached hydrogens (tertiary/aromatic N) is 1. The van der Waals surface area contributed by atoms with Crippen LogP contribution in [0.25, 0.3) is 0 Å². The van der Waals surface area contributed by atoms with E-state index in [9.17, 15) is 9.59 Å². The fourth-order valence-electron chi connectivity index (χ4n) is 2.97. The molecular formula is C24H26N2O5. The van der Waals surface area contributed by atoms with Crippen LogP contribution in [-0.2, 0) is 16.1 Å². The third kappa shape index (κ3) is 6.12. The van der Waals surface area contributed by atoms with Crippen LogP contribution in [0.4, 0.5) is 5.69 Å². The van der Waals surface area contributed by atoms with Crippen LogP contribution in [0, 0.1) is 13.8 Å². The van der Waals surface area contributed by atoms with E-state index < -0.39 is 0 Å². The summed E-state index contributed by atoms with van der Waals surface area (Å²) in [6.07, 6.45) is 1.53. The summed E-state index contributed by atoms with van der Waals surface area (Å²) in [6, 6.07) is 16.2. The van der Waals surface area contributed by atoms with Crippen molar-refractivity contribution in [1.82, 2.24) is 4.90 Å². The van der Waals surface area contributed by atoms with Gasteiger partial charge in [-0.15, -0.1) is 0 Å². The molecule has 1 aromatic heterocycles. The Hall–Kier alpha value is -3.74. The molecule has 1 heterocycles. The number of hydrogen-bond acceptors (Lipinski definition) is 5. The Morgan fingerprint density at radius 1 is 1.03 bits per heavy atom. The van der Waals surface area contributed by atoms with Gasteiger partial charge in [0.25, 0.3) is 5.91 Å².